The standard InChI is InChI=1S/C11H13F3N4O5S/c12-11(13,14)6-24(22,23)16-3-1-2-7-4-18(5-8(19)20)10(21)17-9(7)15/h1-2,4,16H,3,5-6H2,(H,19,20)(H2,15,17,21). The van der Waals surface area contributed by atoms with E-state index < -0.39 is 46.7 Å². The van der Waals surface area contributed by atoms with Gasteiger partial charge in [-0.25, -0.2) is 17.9 Å². The fraction of sp³-hybridized carbons (Fsp3) is 0.364. The highest BCUT2D eigenvalue weighted by Crippen LogP contribution is 2.16. The minimum absolute atomic E-state index is 0.103. The van der Waals surface area contributed by atoms with Crippen LogP contribution in [0, 0.1) is 0 Å². The van der Waals surface area contributed by atoms with Crippen molar-refractivity contribution >= 4 is 27.9 Å². The molecule has 0 spiro atoms. The molecule has 0 aliphatic rings. The zero-order valence-corrected chi connectivity index (χ0v) is 12.8. The zero-order chi connectivity index (χ0) is 18.5. The Kier molecular flexibility index (Phi) is 6.09. The fourth-order valence-corrected chi connectivity index (χ4v) is 2.42. The van der Waals surface area contributed by atoms with Gasteiger partial charge in [0.2, 0.25) is 10.0 Å². The Morgan fingerprint density at radius 3 is 2.62 bits per heavy atom. The number of carbonyl (C=O) groups is 1. The first-order chi connectivity index (χ1) is 10.9. The van der Waals surface area contributed by atoms with E-state index in [1.165, 1.54) is 6.08 Å². The Balaban J connectivity index is 2.81. The van der Waals surface area contributed by atoms with Crippen molar-refractivity contribution in [2.24, 2.45) is 0 Å². The van der Waals surface area contributed by atoms with Crippen molar-refractivity contribution in [1.82, 2.24) is 14.3 Å². The molecule has 13 heteroatoms. The summed E-state index contributed by atoms with van der Waals surface area (Å²) in [5.74, 6) is -3.55. The first-order valence-corrected chi connectivity index (χ1v) is 7.84. The van der Waals surface area contributed by atoms with E-state index in [2.05, 4.69) is 4.98 Å². The van der Waals surface area contributed by atoms with Crippen molar-refractivity contribution in [3.63, 3.8) is 0 Å². The highest BCUT2D eigenvalue weighted by molar-refractivity contribution is 7.89. The number of sulfonamides is 1. The molecular weight excluding hydrogens is 357 g/mol. The smallest absolute Gasteiger partial charge is 0.404 e. The highest BCUT2D eigenvalue weighted by Gasteiger charge is 2.34. The number of hydrogen-bond donors (Lipinski definition) is 3. The molecule has 0 fully saturated rings. The lowest BCUT2D eigenvalue weighted by atomic mass is 10.3. The molecule has 1 rings (SSSR count). The summed E-state index contributed by atoms with van der Waals surface area (Å²) in [4.78, 5) is 25.4. The van der Waals surface area contributed by atoms with Gasteiger partial charge in [0.25, 0.3) is 0 Å². The Hall–Kier alpha value is -2.41. The number of nitrogen functional groups attached to an aromatic ring is 1. The van der Waals surface area contributed by atoms with Gasteiger partial charge >= 0.3 is 17.8 Å². The number of halogens is 3. The van der Waals surface area contributed by atoms with Crippen molar-refractivity contribution in [2.75, 3.05) is 18.0 Å². The van der Waals surface area contributed by atoms with Crippen molar-refractivity contribution in [3.8, 4) is 0 Å². The third kappa shape index (κ3) is 6.78. The summed E-state index contributed by atoms with van der Waals surface area (Å²) in [6.07, 6.45) is -1.46. The van der Waals surface area contributed by atoms with Crippen LogP contribution in [0.4, 0.5) is 19.0 Å². The second-order valence-corrected chi connectivity index (χ2v) is 6.32. The van der Waals surface area contributed by atoms with Gasteiger partial charge < -0.3 is 10.8 Å². The largest absolute Gasteiger partial charge is 0.480 e. The molecule has 24 heavy (non-hydrogen) atoms. The number of alkyl halides is 3. The van der Waals surface area contributed by atoms with Crippen LogP contribution in [0.5, 0.6) is 0 Å². The minimum atomic E-state index is -4.86. The van der Waals surface area contributed by atoms with Gasteiger partial charge in [0, 0.05) is 18.3 Å². The van der Waals surface area contributed by atoms with Crippen LogP contribution in [0.1, 0.15) is 5.56 Å². The second kappa shape index (κ2) is 7.44. The van der Waals surface area contributed by atoms with Crippen molar-refractivity contribution in [1.29, 1.82) is 0 Å². The van der Waals surface area contributed by atoms with Crippen molar-refractivity contribution in [2.45, 2.75) is 12.7 Å². The number of nitrogens with one attached hydrogen (secondary N) is 1. The molecule has 0 bridgehead atoms. The van der Waals surface area contributed by atoms with Crippen LogP contribution in [0.3, 0.4) is 0 Å². The summed E-state index contributed by atoms with van der Waals surface area (Å²) in [6.45, 7) is -1.12. The van der Waals surface area contributed by atoms with E-state index >= 15 is 0 Å². The maximum Gasteiger partial charge on any atom is 0.404 e. The molecule has 0 aliphatic carbocycles. The van der Waals surface area contributed by atoms with Crippen molar-refractivity contribution in [3.05, 3.63) is 28.3 Å². The topological polar surface area (TPSA) is 144 Å². The fourth-order valence-electron chi connectivity index (χ4n) is 1.54. The number of aliphatic carboxylic acids is 1. The molecule has 0 saturated carbocycles. The molecule has 0 aliphatic heterocycles. The molecular formula is C11H13F3N4O5S. The third-order valence-electron chi connectivity index (χ3n) is 2.43. The maximum atomic E-state index is 12.0. The van der Waals surface area contributed by atoms with Gasteiger partial charge in [-0.1, -0.05) is 12.2 Å². The summed E-state index contributed by atoms with van der Waals surface area (Å²) < 4.78 is 60.8. The summed E-state index contributed by atoms with van der Waals surface area (Å²) in [7, 11) is -4.54. The molecule has 0 aromatic carbocycles. The molecule has 0 radical (unpaired) electrons. The van der Waals surface area contributed by atoms with Gasteiger partial charge in [0.15, 0.2) is 5.75 Å². The Morgan fingerprint density at radius 1 is 1.46 bits per heavy atom. The number of nitrogens with zero attached hydrogens (tertiary/aromatic N) is 2. The highest BCUT2D eigenvalue weighted by atomic mass is 32.2. The van der Waals surface area contributed by atoms with Crippen LogP contribution in [-0.4, -0.2) is 47.5 Å². The lowest BCUT2D eigenvalue weighted by Crippen LogP contribution is -2.33. The SMILES string of the molecule is Nc1nc(=O)n(CC(=O)O)cc1C=CCNS(=O)(=O)CC(F)(F)F. The lowest BCUT2D eigenvalue weighted by Gasteiger charge is -2.07. The molecule has 1 heterocycles. The van der Waals surface area contributed by atoms with Gasteiger partial charge in [-0.2, -0.15) is 18.2 Å². The predicted molar refractivity (Wildman–Crippen MR) is 77.4 cm³/mol. The first kappa shape index (κ1) is 19.6. The average molecular weight is 370 g/mol. The number of rotatable bonds is 7. The van der Waals surface area contributed by atoms with E-state index in [0.29, 0.717) is 0 Å². The van der Waals surface area contributed by atoms with E-state index in [9.17, 15) is 31.2 Å². The molecule has 0 amide bonds. The van der Waals surface area contributed by atoms with Crippen LogP contribution in [0.25, 0.3) is 6.08 Å². The number of carboxylic acid groups (broad SMARTS) is 1. The van der Waals surface area contributed by atoms with E-state index in [1.807, 2.05) is 0 Å². The summed E-state index contributed by atoms with van der Waals surface area (Å²) in [5.41, 5.74) is 4.67. The third-order valence-corrected chi connectivity index (χ3v) is 3.74. The van der Waals surface area contributed by atoms with Crippen LogP contribution in [0.2, 0.25) is 0 Å². The summed E-state index contributed by atoms with van der Waals surface area (Å²) in [6, 6.07) is 0. The van der Waals surface area contributed by atoms with E-state index in [0.717, 1.165) is 16.8 Å². The molecule has 0 unspecified atom stereocenters. The van der Waals surface area contributed by atoms with Crippen LogP contribution in [-0.2, 0) is 21.4 Å². The predicted octanol–water partition coefficient (Wildman–Crippen LogP) is -0.595. The maximum absolute atomic E-state index is 12.0. The van der Waals surface area contributed by atoms with Crippen LogP contribution < -0.4 is 16.1 Å². The average Bonchev–Trinajstić information content (AvgIpc) is 2.36. The second-order valence-electron chi connectivity index (χ2n) is 4.51. The van der Waals surface area contributed by atoms with Gasteiger partial charge in [-0.05, 0) is 0 Å². The van der Waals surface area contributed by atoms with Crippen LogP contribution in [0.15, 0.2) is 17.1 Å². The Labute approximate surface area is 133 Å². The summed E-state index contributed by atoms with van der Waals surface area (Å²) in [5, 5.41) is 8.64. The monoisotopic (exact) mass is 370 g/mol. The van der Waals surface area contributed by atoms with Crippen LogP contribution >= 0.6 is 0 Å². The molecule has 4 N–H and O–H groups in total. The summed E-state index contributed by atoms with van der Waals surface area (Å²) >= 11 is 0. The van der Waals surface area contributed by atoms with E-state index in [4.69, 9.17) is 10.8 Å². The van der Waals surface area contributed by atoms with Gasteiger partial charge in [-0.15, -0.1) is 0 Å². The quantitative estimate of drug-likeness (QED) is 0.581. The van der Waals surface area contributed by atoms with E-state index in [-0.39, 0.29) is 11.4 Å². The molecule has 0 atom stereocenters. The number of hydrogen-bond acceptors (Lipinski definition) is 6. The molecule has 9 nitrogen and oxygen atoms in total. The number of aromatic nitrogens is 2. The zero-order valence-electron chi connectivity index (χ0n) is 11.9. The lowest BCUT2D eigenvalue weighted by molar-refractivity contribution is -0.137. The molecule has 134 valence electrons. The molecule has 0 saturated heterocycles. The number of carboxylic acids is 1. The minimum Gasteiger partial charge on any atom is -0.480 e. The molecule has 1 aromatic rings. The Bertz CT molecular complexity index is 801. The van der Waals surface area contributed by atoms with Crippen molar-refractivity contribution < 1.29 is 31.5 Å². The number of nitrogens with two attached hydrogens (primary N) is 1. The Morgan fingerprint density at radius 2 is 2.08 bits per heavy atom. The number of anilines is 1. The van der Waals surface area contributed by atoms with E-state index in [1.54, 1.807) is 4.72 Å². The normalized spacial score (nSPS) is 12.6. The first-order valence-electron chi connectivity index (χ1n) is 6.19. The van der Waals surface area contributed by atoms with Gasteiger partial charge in [0.05, 0.1) is 0 Å². The van der Waals surface area contributed by atoms with Gasteiger partial charge in [-0.3, -0.25) is 9.36 Å². The molecule has 1 aromatic heterocycles. The van der Waals surface area contributed by atoms with Gasteiger partial charge in [0.1, 0.15) is 12.4 Å².